The van der Waals surface area contributed by atoms with E-state index in [0.29, 0.717) is 12.3 Å². The maximum atomic E-state index is 11.7. The van der Waals surface area contributed by atoms with Gasteiger partial charge in [0.1, 0.15) is 12.4 Å². The van der Waals surface area contributed by atoms with Crippen LogP contribution in [0.5, 0.6) is 5.75 Å². The Morgan fingerprint density at radius 3 is 2.39 bits per heavy atom. The average molecular weight is 434 g/mol. The Bertz CT molecular complexity index is 1230. The topological polar surface area (TPSA) is 55.4 Å². The highest BCUT2D eigenvalue weighted by molar-refractivity contribution is 7.92. The molecule has 4 rings (SSSR count). The van der Waals surface area contributed by atoms with E-state index in [2.05, 4.69) is 61.9 Å². The molecule has 0 atom stereocenters. The summed E-state index contributed by atoms with van der Waals surface area (Å²) < 4.78 is 32.3. The van der Waals surface area contributed by atoms with Crippen molar-refractivity contribution in [2.45, 2.75) is 33.8 Å². The van der Waals surface area contributed by atoms with E-state index in [1.807, 2.05) is 18.2 Å². The summed E-state index contributed by atoms with van der Waals surface area (Å²) in [6, 6.07) is 20.4. The Hall–Kier alpha value is -3.05. The Kier molecular flexibility index (Phi) is 5.63. The number of ether oxygens (including phenoxy) is 1. The van der Waals surface area contributed by atoms with Gasteiger partial charge in [-0.3, -0.25) is 4.72 Å². The molecule has 5 heteroatoms. The van der Waals surface area contributed by atoms with Crippen molar-refractivity contribution in [3.05, 3.63) is 94.0 Å². The minimum Gasteiger partial charge on any atom is -0.488 e. The largest absolute Gasteiger partial charge is 0.488 e. The third-order valence-electron chi connectivity index (χ3n) is 5.49. The van der Waals surface area contributed by atoms with Gasteiger partial charge in [-0.05, 0) is 71.9 Å². The second-order valence-corrected chi connectivity index (χ2v) is 9.86. The summed E-state index contributed by atoms with van der Waals surface area (Å²) in [4.78, 5) is 0. The van der Waals surface area contributed by atoms with Gasteiger partial charge >= 0.3 is 0 Å². The number of hydrogen-bond donors (Lipinski definition) is 1. The molecule has 1 aliphatic heterocycles. The van der Waals surface area contributed by atoms with Crippen LogP contribution in [0.3, 0.4) is 0 Å². The van der Waals surface area contributed by atoms with Gasteiger partial charge < -0.3 is 4.74 Å². The molecule has 0 aliphatic carbocycles. The summed E-state index contributed by atoms with van der Waals surface area (Å²) in [5, 5.41) is 0. The standard InChI is InChI=1S/C26H27NO3S/c1-5-22(19-7-6-8-21(15-19)27-31(4,28)29)26-23-11-9-17(2)13-20(23)16-30-25-14-18(3)10-12-24(25)26/h6-15,27H,5,16H2,1-4H3/b26-22+. The molecule has 0 spiro atoms. The fourth-order valence-electron chi connectivity index (χ4n) is 4.18. The van der Waals surface area contributed by atoms with Crippen LogP contribution in [-0.2, 0) is 16.6 Å². The van der Waals surface area contributed by atoms with Crippen molar-refractivity contribution in [1.82, 2.24) is 0 Å². The number of rotatable bonds is 4. The Balaban J connectivity index is 2.00. The predicted octanol–water partition coefficient (Wildman–Crippen LogP) is 5.94. The normalized spacial score (nSPS) is 14.7. The molecule has 0 fully saturated rings. The lowest BCUT2D eigenvalue weighted by Gasteiger charge is -2.18. The molecule has 160 valence electrons. The second kappa shape index (κ2) is 8.23. The minimum atomic E-state index is -3.35. The van der Waals surface area contributed by atoms with E-state index in [0.717, 1.165) is 51.1 Å². The first kappa shape index (κ1) is 21.2. The lowest BCUT2D eigenvalue weighted by atomic mass is 9.85. The fourth-order valence-corrected chi connectivity index (χ4v) is 4.73. The molecule has 4 nitrogen and oxygen atoms in total. The zero-order valence-electron chi connectivity index (χ0n) is 18.3. The summed E-state index contributed by atoms with van der Waals surface area (Å²) in [7, 11) is -3.35. The van der Waals surface area contributed by atoms with Gasteiger partial charge in [-0.2, -0.15) is 0 Å². The van der Waals surface area contributed by atoms with Crippen LogP contribution in [0.15, 0.2) is 60.7 Å². The van der Waals surface area contributed by atoms with Crippen molar-refractivity contribution in [3.8, 4) is 5.75 Å². The van der Waals surface area contributed by atoms with Gasteiger partial charge in [-0.15, -0.1) is 0 Å². The van der Waals surface area contributed by atoms with Crippen molar-refractivity contribution in [2.24, 2.45) is 0 Å². The second-order valence-electron chi connectivity index (χ2n) is 8.11. The van der Waals surface area contributed by atoms with Crippen LogP contribution in [-0.4, -0.2) is 14.7 Å². The van der Waals surface area contributed by atoms with Crippen LogP contribution >= 0.6 is 0 Å². The summed E-state index contributed by atoms with van der Waals surface area (Å²) in [6.45, 7) is 6.80. The molecular weight excluding hydrogens is 406 g/mol. The maximum Gasteiger partial charge on any atom is 0.229 e. The van der Waals surface area contributed by atoms with E-state index in [1.165, 1.54) is 11.8 Å². The van der Waals surface area contributed by atoms with Gasteiger partial charge in [0.2, 0.25) is 10.0 Å². The Morgan fingerprint density at radius 2 is 1.68 bits per heavy atom. The van der Waals surface area contributed by atoms with E-state index < -0.39 is 10.0 Å². The molecule has 3 aromatic rings. The Labute approximate surface area is 184 Å². The zero-order valence-corrected chi connectivity index (χ0v) is 19.1. The van der Waals surface area contributed by atoms with Crippen molar-refractivity contribution in [1.29, 1.82) is 0 Å². The molecule has 1 heterocycles. The molecule has 0 unspecified atom stereocenters. The lowest BCUT2D eigenvalue weighted by Crippen LogP contribution is -2.09. The molecule has 31 heavy (non-hydrogen) atoms. The van der Waals surface area contributed by atoms with E-state index in [1.54, 1.807) is 6.07 Å². The van der Waals surface area contributed by atoms with Crippen LogP contribution < -0.4 is 9.46 Å². The average Bonchev–Trinajstić information content (AvgIpc) is 2.84. The monoisotopic (exact) mass is 433 g/mol. The molecule has 0 aromatic heterocycles. The van der Waals surface area contributed by atoms with Gasteiger partial charge in [0.25, 0.3) is 0 Å². The number of allylic oxidation sites excluding steroid dienone is 1. The number of benzene rings is 3. The number of anilines is 1. The van der Waals surface area contributed by atoms with Crippen molar-refractivity contribution >= 4 is 26.9 Å². The minimum absolute atomic E-state index is 0.517. The van der Waals surface area contributed by atoms with Crippen molar-refractivity contribution in [2.75, 3.05) is 11.0 Å². The summed E-state index contributed by atoms with van der Waals surface area (Å²) in [5.41, 5.74) is 9.56. The van der Waals surface area contributed by atoms with Gasteiger partial charge in [-0.1, -0.05) is 55.0 Å². The highest BCUT2D eigenvalue weighted by atomic mass is 32.2. The van der Waals surface area contributed by atoms with Gasteiger partial charge in [0, 0.05) is 11.3 Å². The smallest absolute Gasteiger partial charge is 0.229 e. The van der Waals surface area contributed by atoms with E-state index >= 15 is 0 Å². The van der Waals surface area contributed by atoms with Crippen LogP contribution in [0, 0.1) is 13.8 Å². The first-order valence-electron chi connectivity index (χ1n) is 10.4. The highest BCUT2D eigenvalue weighted by Crippen LogP contribution is 2.43. The van der Waals surface area contributed by atoms with Crippen molar-refractivity contribution in [3.63, 3.8) is 0 Å². The lowest BCUT2D eigenvalue weighted by molar-refractivity contribution is 0.307. The molecule has 0 radical (unpaired) electrons. The molecule has 3 aromatic carbocycles. The summed E-state index contributed by atoms with van der Waals surface area (Å²) >= 11 is 0. The molecule has 0 saturated heterocycles. The Morgan fingerprint density at radius 1 is 0.968 bits per heavy atom. The number of hydrogen-bond acceptors (Lipinski definition) is 3. The highest BCUT2D eigenvalue weighted by Gasteiger charge is 2.23. The number of fused-ring (bicyclic) bond motifs is 2. The van der Waals surface area contributed by atoms with Gasteiger partial charge in [0.15, 0.2) is 0 Å². The molecular formula is C26H27NO3S. The first-order valence-corrected chi connectivity index (χ1v) is 12.3. The first-order chi connectivity index (χ1) is 14.7. The van der Waals surface area contributed by atoms with Crippen LogP contribution in [0.1, 0.15) is 46.7 Å². The maximum absolute atomic E-state index is 11.7. The number of nitrogens with one attached hydrogen (secondary N) is 1. The van der Waals surface area contributed by atoms with Crippen LogP contribution in [0.2, 0.25) is 0 Å². The summed E-state index contributed by atoms with van der Waals surface area (Å²) in [6.07, 6.45) is 1.96. The fraction of sp³-hybridized carbons (Fsp3) is 0.231. The molecule has 0 amide bonds. The number of sulfonamides is 1. The summed E-state index contributed by atoms with van der Waals surface area (Å²) in [5.74, 6) is 0.875. The van der Waals surface area contributed by atoms with E-state index in [-0.39, 0.29) is 0 Å². The zero-order chi connectivity index (χ0) is 22.2. The SMILES string of the molecule is CC/C(=C1/c2ccc(C)cc2COc2cc(C)ccc21)c1cccc(NS(C)(=O)=O)c1. The third-order valence-corrected chi connectivity index (χ3v) is 6.10. The van der Waals surface area contributed by atoms with E-state index in [4.69, 9.17) is 4.74 Å². The predicted molar refractivity (Wildman–Crippen MR) is 128 cm³/mol. The molecule has 0 bridgehead atoms. The van der Waals surface area contributed by atoms with Gasteiger partial charge in [-0.25, -0.2) is 8.42 Å². The molecule has 1 aliphatic rings. The molecule has 0 saturated carbocycles. The third kappa shape index (κ3) is 4.52. The van der Waals surface area contributed by atoms with E-state index in [9.17, 15) is 8.42 Å². The quantitative estimate of drug-likeness (QED) is 0.554. The number of aryl methyl sites for hydroxylation is 2. The van der Waals surface area contributed by atoms with Gasteiger partial charge in [0.05, 0.1) is 6.26 Å². The molecule has 1 N–H and O–H groups in total. The van der Waals surface area contributed by atoms with Crippen LogP contribution in [0.25, 0.3) is 11.1 Å². The van der Waals surface area contributed by atoms with Crippen LogP contribution in [0.4, 0.5) is 5.69 Å². The van der Waals surface area contributed by atoms with Crippen molar-refractivity contribution < 1.29 is 13.2 Å².